The van der Waals surface area contributed by atoms with Crippen molar-refractivity contribution in [3.8, 4) is 0 Å². The summed E-state index contributed by atoms with van der Waals surface area (Å²) in [6.07, 6.45) is 2.11. The number of hydrogen-bond donors (Lipinski definition) is 0. The van der Waals surface area contributed by atoms with E-state index in [-0.39, 0.29) is 11.7 Å². The minimum absolute atomic E-state index is 0.0363. The highest BCUT2D eigenvalue weighted by atomic mass is 16.6. The first-order valence-corrected chi connectivity index (χ1v) is 6.43. The summed E-state index contributed by atoms with van der Waals surface area (Å²) < 4.78 is 6.88. The second-order valence-electron chi connectivity index (χ2n) is 5.89. The minimum Gasteiger partial charge on any atom is -0.444 e. The number of aryl methyl sites for hydroxylation is 1. The van der Waals surface area contributed by atoms with Crippen molar-refractivity contribution in [2.24, 2.45) is 7.05 Å². The Kier molecular flexibility index (Phi) is 3.39. The van der Waals surface area contributed by atoms with Crippen molar-refractivity contribution in [1.82, 2.24) is 9.47 Å². The van der Waals surface area contributed by atoms with Crippen molar-refractivity contribution in [3.05, 3.63) is 33.7 Å². The summed E-state index contributed by atoms with van der Waals surface area (Å²) in [4.78, 5) is 25.7. The average molecular weight is 264 g/mol. The van der Waals surface area contributed by atoms with Gasteiger partial charge in [0.1, 0.15) is 5.60 Å². The van der Waals surface area contributed by atoms with Crippen molar-refractivity contribution >= 4 is 6.09 Å². The Labute approximate surface area is 112 Å². The van der Waals surface area contributed by atoms with E-state index in [1.54, 1.807) is 18.1 Å². The highest BCUT2D eigenvalue weighted by Crippen LogP contribution is 2.18. The van der Waals surface area contributed by atoms with Crippen LogP contribution in [0.15, 0.2) is 17.1 Å². The number of carbonyl (C=O) groups is 1. The molecule has 1 amide bonds. The number of ether oxygens (including phenoxy) is 1. The third-order valence-electron chi connectivity index (χ3n) is 3.12. The molecule has 5 heteroatoms. The van der Waals surface area contributed by atoms with Gasteiger partial charge in [0.05, 0.1) is 6.54 Å². The second kappa shape index (κ2) is 4.72. The maximum absolute atomic E-state index is 12.1. The Balaban J connectivity index is 2.20. The van der Waals surface area contributed by atoms with Crippen molar-refractivity contribution in [3.63, 3.8) is 0 Å². The monoisotopic (exact) mass is 264 g/mol. The fourth-order valence-electron chi connectivity index (χ4n) is 2.13. The van der Waals surface area contributed by atoms with E-state index in [2.05, 4.69) is 0 Å². The first kappa shape index (κ1) is 13.6. The molecule has 0 aromatic carbocycles. The summed E-state index contributed by atoms with van der Waals surface area (Å²) in [5, 5.41) is 0. The standard InChI is InChI=1S/C14H20N2O3/c1-14(2,3)19-13(18)16-8-6-10-5-7-15(4)12(17)11(10)9-16/h5,7H,6,8-9H2,1-4H3. The van der Waals surface area contributed by atoms with Crippen LogP contribution in [0.4, 0.5) is 4.79 Å². The first-order chi connectivity index (χ1) is 8.78. The number of nitrogens with zero attached hydrogens (tertiary/aromatic N) is 2. The fourth-order valence-corrected chi connectivity index (χ4v) is 2.13. The number of pyridine rings is 1. The van der Waals surface area contributed by atoms with E-state index in [4.69, 9.17) is 4.74 Å². The van der Waals surface area contributed by atoms with Crippen LogP contribution in [-0.4, -0.2) is 27.7 Å². The molecular weight excluding hydrogens is 244 g/mol. The van der Waals surface area contributed by atoms with Gasteiger partial charge in [-0.1, -0.05) is 0 Å². The SMILES string of the molecule is Cn1ccc2c(c1=O)CN(C(=O)OC(C)(C)C)CC2. The van der Waals surface area contributed by atoms with Crippen LogP contribution < -0.4 is 5.56 Å². The van der Waals surface area contributed by atoms with E-state index in [1.165, 1.54) is 4.57 Å². The van der Waals surface area contributed by atoms with Gasteiger partial charge in [-0.05, 0) is 38.8 Å². The van der Waals surface area contributed by atoms with Gasteiger partial charge in [0.2, 0.25) is 0 Å². The van der Waals surface area contributed by atoms with Gasteiger partial charge >= 0.3 is 6.09 Å². The van der Waals surface area contributed by atoms with Gasteiger partial charge in [-0.15, -0.1) is 0 Å². The highest BCUT2D eigenvalue weighted by Gasteiger charge is 2.27. The lowest BCUT2D eigenvalue weighted by atomic mass is 10.0. The van der Waals surface area contributed by atoms with Gasteiger partial charge in [0.25, 0.3) is 5.56 Å². The largest absolute Gasteiger partial charge is 0.444 e. The normalized spacial score (nSPS) is 15.1. The third-order valence-corrected chi connectivity index (χ3v) is 3.12. The van der Waals surface area contributed by atoms with Crippen LogP contribution in [0, 0.1) is 0 Å². The molecule has 5 nitrogen and oxygen atoms in total. The predicted molar refractivity (Wildman–Crippen MR) is 72.0 cm³/mol. The number of carbonyl (C=O) groups excluding carboxylic acids is 1. The number of amides is 1. The molecular formula is C14H20N2O3. The van der Waals surface area contributed by atoms with Crippen LogP contribution in [-0.2, 0) is 24.8 Å². The van der Waals surface area contributed by atoms with E-state index in [1.807, 2.05) is 26.8 Å². The van der Waals surface area contributed by atoms with Gasteiger partial charge in [-0.25, -0.2) is 4.79 Å². The maximum Gasteiger partial charge on any atom is 0.410 e. The van der Waals surface area contributed by atoms with Gasteiger partial charge in [-0.3, -0.25) is 4.79 Å². The lowest BCUT2D eigenvalue weighted by molar-refractivity contribution is 0.0222. The van der Waals surface area contributed by atoms with Gasteiger partial charge in [-0.2, -0.15) is 0 Å². The summed E-state index contributed by atoms with van der Waals surface area (Å²) in [6, 6.07) is 1.95. The molecule has 0 saturated heterocycles. The molecule has 1 aliphatic heterocycles. The topological polar surface area (TPSA) is 51.5 Å². The number of aromatic nitrogens is 1. The minimum atomic E-state index is -0.515. The Hall–Kier alpha value is -1.78. The second-order valence-corrected chi connectivity index (χ2v) is 5.89. The number of rotatable bonds is 0. The van der Waals surface area contributed by atoms with E-state index in [9.17, 15) is 9.59 Å². The van der Waals surface area contributed by atoms with E-state index >= 15 is 0 Å². The third kappa shape index (κ3) is 2.97. The van der Waals surface area contributed by atoms with Crippen LogP contribution in [0.25, 0.3) is 0 Å². The molecule has 1 aliphatic rings. The molecule has 0 aliphatic carbocycles. The highest BCUT2D eigenvalue weighted by molar-refractivity contribution is 5.68. The van der Waals surface area contributed by atoms with Gasteiger partial charge < -0.3 is 14.2 Å². The Morgan fingerprint density at radius 2 is 2.05 bits per heavy atom. The molecule has 104 valence electrons. The Morgan fingerprint density at radius 1 is 1.37 bits per heavy atom. The molecule has 0 saturated carbocycles. The van der Waals surface area contributed by atoms with Crippen LogP contribution in [0.5, 0.6) is 0 Å². The van der Waals surface area contributed by atoms with Crippen LogP contribution in [0.1, 0.15) is 31.9 Å². The molecule has 0 radical (unpaired) electrons. The zero-order valence-electron chi connectivity index (χ0n) is 11.9. The molecule has 0 spiro atoms. The lowest BCUT2D eigenvalue weighted by Gasteiger charge is -2.30. The summed E-state index contributed by atoms with van der Waals surface area (Å²) in [5.41, 5.74) is 1.18. The van der Waals surface area contributed by atoms with Gasteiger partial charge in [0.15, 0.2) is 0 Å². The van der Waals surface area contributed by atoms with E-state index in [0.717, 1.165) is 5.56 Å². The molecule has 0 unspecified atom stereocenters. The predicted octanol–water partition coefficient (Wildman–Crippen LogP) is 1.68. The molecule has 2 rings (SSSR count). The number of fused-ring (bicyclic) bond motifs is 1. The number of hydrogen-bond acceptors (Lipinski definition) is 3. The Bertz CT molecular complexity index is 555. The van der Waals surface area contributed by atoms with Crippen molar-refractivity contribution < 1.29 is 9.53 Å². The average Bonchev–Trinajstić information content (AvgIpc) is 2.31. The molecule has 1 aromatic rings. The smallest absolute Gasteiger partial charge is 0.410 e. The van der Waals surface area contributed by atoms with Crippen LogP contribution in [0.3, 0.4) is 0 Å². The zero-order chi connectivity index (χ0) is 14.2. The molecule has 2 heterocycles. The zero-order valence-corrected chi connectivity index (χ0v) is 11.9. The fraction of sp³-hybridized carbons (Fsp3) is 0.571. The summed E-state index contributed by atoms with van der Waals surface area (Å²) in [5.74, 6) is 0. The molecule has 0 fully saturated rings. The van der Waals surface area contributed by atoms with E-state index < -0.39 is 5.60 Å². The first-order valence-electron chi connectivity index (χ1n) is 6.43. The maximum atomic E-state index is 12.1. The summed E-state index contributed by atoms with van der Waals surface area (Å²) in [7, 11) is 1.72. The molecule has 0 bridgehead atoms. The van der Waals surface area contributed by atoms with Gasteiger partial charge in [0, 0.05) is 25.4 Å². The van der Waals surface area contributed by atoms with Crippen LogP contribution >= 0.6 is 0 Å². The van der Waals surface area contributed by atoms with Crippen LogP contribution in [0.2, 0.25) is 0 Å². The summed E-state index contributed by atoms with van der Waals surface area (Å²) in [6.45, 7) is 6.43. The quantitative estimate of drug-likeness (QED) is 0.716. The molecule has 19 heavy (non-hydrogen) atoms. The van der Waals surface area contributed by atoms with Crippen molar-refractivity contribution in [2.45, 2.75) is 39.3 Å². The Morgan fingerprint density at radius 3 is 2.68 bits per heavy atom. The van der Waals surface area contributed by atoms with E-state index in [0.29, 0.717) is 25.1 Å². The lowest BCUT2D eigenvalue weighted by Crippen LogP contribution is -2.42. The van der Waals surface area contributed by atoms with Crippen molar-refractivity contribution in [1.29, 1.82) is 0 Å². The molecule has 1 aromatic heterocycles. The van der Waals surface area contributed by atoms with Crippen molar-refractivity contribution in [2.75, 3.05) is 6.54 Å². The summed E-state index contributed by atoms with van der Waals surface area (Å²) >= 11 is 0. The molecule has 0 atom stereocenters. The molecule has 0 N–H and O–H groups in total.